The van der Waals surface area contributed by atoms with Crippen LogP contribution in [0.4, 0.5) is 0 Å². The minimum atomic E-state index is 0.00454. The standard InChI is InChI=1S/C47H40N2S2/c1-3-5-27-47(28-6-4-2)39-29-35(31-15-19-33(20-16-31)45-48-41-11-7-9-13-43(41)50-45)23-25-37(39)38-26-24-36(30-40(38)47)32-17-21-34(22-18-32)46-49-42-12-8-10-14-44(42)51-46/h7-26,29-30H,3-6,27-28H2,1-2H3. The minimum absolute atomic E-state index is 0.00454. The molecule has 51 heavy (non-hydrogen) atoms. The Bertz CT molecular complexity index is 2260. The zero-order valence-electron chi connectivity index (χ0n) is 29.2. The van der Waals surface area contributed by atoms with Gasteiger partial charge in [-0.2, -0.15) is 0 Å². The summed E-state index contributed by atoms with van der Waals surface area (Å²) in [6, 6.07) is 49.4. The molecule has 250 valence electrons. The van der Waals surface area contributed by atoms with E-state index in [0.717, 1.165) is 21.0 Å². The Labute approximate surface area is 308 Å². The Morgan fingerprint density at radius 1 is 0.451 bits per heavy atom. The summed E-state index contributed by atoms with van der Waals surface area (Å²) in [7, 11) is 0. The molecule has 0 saturated carbocycles. The quantitative estimate of drug-likeness (QED) is 0.142. The maximum Gasteiger partial charge on any atom is 0.124 e. The molecule has 0 N–H and O–H groups in total. The zero-order chi connectivity index (χ0) is 34.4. The lowest BCUT2D eigenvalue weighted by Crippen LogP contribution is -2.25. The first-order valence-electron chi connectivity index (χ1n) is 18.4. The molecule has 2 aromatic heterocycles. The van der Waals surface area contributed by atoms with Crippen LogP contribution in [0.25, 0.3) is 75.0 Å². The number of benzene rings is 6. The average molecular weight is 697 g/mol. The second kappa shape index (κ2) is 13.3. The van der Waals surface area contributed by atoms with Crippen LogP contribution >= 0.6 is 22.7 Å². The van der Waals surface area contributed by atoms with Gasteiger partial charge in [-0.25, -0.2) is 9.97 Å². The highest BCUT2D eigenvalue weighted by atomic mass is 32.1. The molecule has 0 atom stereocenters. The molecule has 1 aliphatic rings. The van der Waals surface area contributed by atoms with Gasteiger partial charge in [0, 0.05) is 16.5 Å². The van der Waals surface area contributed by atoms with Crippen molar-refractivity contribution >= 4 is 43.1 Å². The molecule has 2 nitrogen and oxygen atoms in total. The summed E-state index contributed by atoms with van der Waals surface area (Å²) < 4.78 is 2.46. The van der Waals surface area contributed by atoms with Crippen LogP contribution in [0.15, 0.2) is 133 Å². The number of unbranched alkanes of at least 4 members (excludes halogenated alkanes) is 2. The molecule has 9 rings (SSSR count). The van der Waals surface area contributed by atoms with E-state index in [1.807, 2.05) is 0 Å². The van der Waals surface area contributed by atoms with Gasteiger partial charge >= 0.3 is 0 Å². The van der Waals surface area contributed by atoms with Crippen molar-refractivity contribution in [2.24, 2.45) is 0 Å². The summed E-state index contributed by atoms with van der Waals surface area (Å²) in [5.41, 5.74) is 15.4. The van der Waals surface area contributed by atoms with E-state index in [4.69, 9.17) is 9.97 Å². The smallest absolute Gasteiger partial charge is 0.124 e. The van der Waals surface area contributed by atoms with E-state index in [2.05, 4.69) is 147 Å². The number of hydrogen-bond acceptors (Lipinski definition) is 4. The predicted molar refractivity (Wildman–Crippen MR) is 220 cm³/mol. The SMILES string of the molecule is CCCCC1(CCCC)c2cc(-c3ccc(-c4nc5ccccc5s4)cc3)ccc2-c2ccc(-c3ccc(-c4nc5ccccc5s4)cc3)cc21. The zero-order valence-corrected chi connectivity index (χ0v) is 30.8. The van der Waals surface area contributed by atoms with Crippen molar-refractivity contribution < 1.29 is 0 Å². The average Bonchev–Trinajstić information content (AvgIpc) is 3.89. The van der Waals surface area contributed by atoms with Gasteiger partial charge in [0.25, 0.3) is 0 Å². The van der Waals surface area contributed by atoms with Gasteiger partial charge in [0.2, 0.25) is 0 Å². The van der Waals surface area contributed by atoms with E-state index in [9.17, 15) is 0 Å². The third kappa shape index (κ3) is 5.71. The summed E-state index contributed by atoms with van der Waals surface area (Å²) in [6.45, 7) is 4.66. The van der Waals surface area contributed by atoms with E-state index in [-0.39, 0.29) is 5.41 Å². The molecule has 0 saturated heterocycles. The van der Waals surface area contributed by atoms with Crippen LogP contribution in [0.2, 0.25) is 0 Å². The maximum atomic E-state index is 4.90. The van der Waals surface area contributed by atoms with Gasteiger partial charge < -0.3 is 0 Å². The third-order valence-corrected chi connectivity index (χ3v) is 13.0. The van der Waals surface area contributed by atoms with E-state index in [0.29, 0.717) is 0 Å². The van der Waals surface area contributed by atoms with Gasteiger partial charge in [0.15, 0.2) is 0 Å². The lowest BCUT2D eigenvalue weighted by molar-refractivity contribution is 0.414. The summed E-state index contributed by atoms with van der Waals surface area (Å²) in [5.74, 6) is 0. The van der Waals surface area contributed by atoms with E-state index in [1.54, 1.807) is 22.7 Å². The molecule has 0 fully saturated rings. The maximum absolute atomic E-state index is 4.90. The molecule has 0 bridgehead atoms. The van der Waals surface area contributed by atoms with Crippen molar-refractivity contribution in [2.45, 2.75) is 57.8 Å². The number of aromatic nitrogens is 2. The fraction of sp³-hybridized carbons (Fsp3) is 0.191. The van der Waals surface area contributed by atoms with Crippen LogP contribution < -0.4 is 0 Å². The second-order valence-electron chi connectivity index (χ2n) is 13.9. The lowest BCUT2D eigenvalue weighted by atomic mass is 9.70. The molecule has 6 aromatic carbocycles. The Kier molecular flexibility index (Phi) is 8.38. The summed E-state index contributed by atoms with van der Waals surface area (Å²) in [6.07, 6.45) is 7.15. The highest BCUT2D eigenvalue weighted by molar-refractivity contribution is 7.22. The number of hydrogen-bond donors (Lipinski definition) is 0. The largest absolute Gasteiger partial charge is 0.236 e. The van der Waals surface area contributed by atoms with E-state index >= 15 is 0 Å². The fourth-order valence-electron chi connectivity index (χ4n) is 8.08. The summed E-state index contributed by atoms with van der Waals surface area (Å²) in [5, 5.41) is 2.15. The van der Waals surface area contributed by atoms with Crippen molar-refractivity contribution in [3.8, 4) is 54.5 Å². The third-order valence-electron chi connectivity index (χ3n) is 10.8. The molecule has 4 heteroatoms. The van der Waals surface area contributed by atoms with Gasteiger partial charge in [0.05, 0.1) is 20.4 Å². The molecule has 1 aliphatic carbocycles. The molecule has 0 spiro atoms. The number of para-hydroxylation sites is 2. The fourth-order valence-corrected chi connectivity index (χ4v) is 10.0. The molecular formula is C47H40N2S2. The van der Waals surface area contributed by atoms with Crippen LogP contribution in [-0.4, -0.2) is 9.97 Å². The first-order valence-corrected chi connectivity index (χ1v) is 20.0. The summed E-state index contributed by atoms with van der Waals surface area (Å²) in [4.78, 5) is 9.81. The van der Waals surface area contributed by atoms with Crippen LogP contribution in [0.1, 0.15) is 63.5 Å². The highest BCUT2D eigenvalue weighted by Gasteiger charge is 2.42. The van der Waals surface area contributed by atoms with Gasteiger partial charge in [-0.15, -0.1) is 22.7 Å². The molecule has 0 radical (unpaired) electrons. The highest BCUT2D eigenvalue weighted by Crippen LogP contribution is 2.55. The Balaban J connectivity index is 1.08. The number of thiazole rings is 2. The molecule has 0 unspecified atom stereocenters. The van der Waals surface area contributed by atoms with Crippen molar-refractivity contribution in [3.63, 3.8) is 0 Å². The molecule has 0 aliphatic heterocycles. The van der Waals surface area contributed by atoms with Crippen LogP contribution in [0, 0.1) is 0 Å². The van der Waals surface area contributed by atoms with Crippen molar-refractivity contribution in [3.05, 3.63) is 145 Å². The van der Waals surface area contributed by atoms with Crippen LogP contribution in [0.5, 0.6) is 0 Å². The minimum Gasteiger partial charge on any atom is -0.236 e. The van der Waals surface area contributed by atoms with Crippen molar-refractivity contribution in [1.29, 1.82) is 0 Å². The van der Waals surface area contributed by atoms with Crippen LogP contribution in [-0.2, 0) is 5.41 Å². The Hall–Kier alpha value is -4.90. The molecular weight excluding hydrogens is 657 g/mol. The Morgan fingerprint density at radius 3 is 1.25 bits per heavy atom. The number of rotatable bonds is 10. The van der Waals surface area contributed by atoms with Gasteiger partial charge in [-0.05, 0) is 93.7 Å². The summed E-state index contributed by atoms with van der Waals surface area (Å²) >= 11 is 3.52. The van der Waals surface area contributed by atoms with E-state index < -0.39 is 0 Å². The van der Waals surface area contributed by atoms with Gasteiger partial charge in [0.1, 0.15) is 10.0 Å². The first kappa shape index (κ1) is 32.0. The second-order valence-corrected chi connectivity index (χ2v) is 16.0. The first-order chi connectivity index (χ1) is 25.1. The predicted octanol–water partition coefficient (Wildman–Crippen LogP) is 14.2. The topological polar surface area (TPSA) is 25.8 Å². The molecule has 0 amide bonds. The van der Waals surface area contributed by atoms with Gasteiger partial charge in [-0.1, -0.05) is 137 Å². The number of fused-ring (bicyclic) bond motifs is 5. The molecule has 8 aromatic rings. The lowest BCUT2D eigenvalue weighted by Gasteiger charge is -2.33. The van der Waals surface area contributed by atoms with E-state index in [1.165, 1.54) is 104 Å². The molecule has 2 heterocycles. The normalized spacial score (nSPS) is 13.1. The Morgan fingerprint density at radius 2 is 0.843 bits per heavy atom. The van der Waals surface area contributed by atoms with Gasteiger partial charge in [-0.3, -0.25) is 0 Å². The monoisotopic (exact) mass is 696 g/mol. The van der Waals surface area contributed by atoms with Crippen LogP contribution in [0.3, 0.4) is 0 Å². The van der Waals surface area contributed by atoms with Crippen molar-refractivity contribution in [2.75, 3.05) is 0 Å². The van der Waals surface area contributed by atoms with Crippen molar-refractivity contribution in [1.82, 2.24) is 9.97 Å². The number of nitrogens with zero attached hydrogens (tertiary/aromatic N) is 2.